The molecule has 1 aromatic heterocycles. The molecule has 3 rings (SSSR count). The van der Waals surface area contributed by atoms with Gasteiger partial charge in [-0.25, -0.2) is 0 Å². The van der Waals surface area contributed by atoms with E-state index in [1.807, 2.05) is 12.1 Å². The van der Waals surface area contributed by atoms with Gasteiger partial charge in [-0.3, -0.25) is 9.78 Å². The highest BCUT2D eigenvalue weighted by Gasteiger charge is 2.29. The van der Waals surface area contributed by atoms with Crippen LogP contribution in [0.25, 0.3) is 0 Å². The lowest BCUT2D eigenvalue weighted by atomic mass is 9.75. The van der Waals surface area contributed by atoms with Gasteiger partial charge in [-0.05, 0) is 62.0 Å². The third-order valence-corrected chi connectivity index (χ3v) is 7.97. The molecule has 3 heteroatoms. The lowest BCUT2D eigenvalue weighted by molar-refractivity contribution is -0.140. The number of unbranched alkanes of at least 4 members (excludes halogenated alkanes) is 3. The number of ether oxygens (including phenoxy) is 1. The van der Waals surface area contributed by atoms with Gasteiger partial charge in [0.25, 0.3) is 0 Å². The largest absolute Gasteiger partial charge is 0.425 e. The maximum absolute atomic E-state index is 12.5. The molecule has 0 aromatic carbocycles. The van der Waals surface area contributed by atoms with Crippen molar-refractivity contribution in [2.45, 2.75) is 117 Å². The van der Waals surface area contributed by atoms with Gasteiger partial charge >= 0.3 is 5.97 Å². The van der Waals surface area contributed by atoms with E-state index in [2.05, 4.69) is 18.8 Å². The molecule has 1 aromatic rings. The minimum atomic E-state index is -0.0539. The van der Waals surface area contributed by atoms with Crippen molar-refractivity contribution in [1.82, 2.24) is 4.98 Å². The Balaban J connectivity index is 1.27. The third kappa shape index (κ3) is 8.24. The van der Waals surface area contributed by atoms with Crippen molar-refractivity contribution in [1.29, 1.82) is 0 Å². The minimum absolute atomic E-state index is 0.0539. The number of nitrogens with zero attached hydrogens (tertiary/aromatic N) is 1. The van der Waals surface area contributed by atoms with E-state index in [0.717, 1.165) is 42.7 Å². The molecule has 2 fully saturated rings. The number of hydrogen-bond acceptors (Lipinski definition) is 3. The SMILES string of the molecule is CCCCCC[C@H]1CC[C@H](CC[C@H]2CC[C@H](C(=O)Oc3ccc(CC)nc3)CC2)CC1. The molecule has 0 atom stereocenters. The molecule has 2 aliphatic rings. The number of aryl methyl sites for hydroxylation is 1. The van der Waals surface area contributed by atoms with Crippen molar-refractivity contribution >= 4 is 5.97 Å². The first-order valence-electron chi connectivity index (χ1n) is 13.3. The molecule has 174 valence electrons. The van der Waals surface area contributed by atoms with Crippen LogP contribution in [-0.4, -0.2) is 11.0 Å². The van der Waals surface area contributed by atoms with Crippen LogP contribution in [0.15, 0.2) is 18.3 Å². The lowest BCUT2D eigenvalue weighted by Crippen LogP contribution is -2.26. The summed E-state index contributed by atoms with van der Waals surface area (Å²) in [5.74, 6) is 3.41. The number of rotatable bonds is 11. The van der Waals surface area contributed by atoms with E-state index < -0.39 is 0 Å². The lowest BCUT2D eigenvalue weighted by Gasteiger charge is -2.31. The number of esters is 1. The molecular weight excluding hydrogens is 382 g/mol. The molecular formula is C28H45NO2. The first-order valence-corrected chi connectivity index (χ1v) is 13.3. The molecule has 2 saturated carbocycles. The van der Waals surface area contributed by atoms with Gasteiger partial charge < -0.3 is 4.74 Å². The fraction of sp³-hybridized carbons (Fsp3) is 0.786. The van der Waals surface area contributed by atoms with E-state index in [9.17, 15) is 4.79 Å². The second kappa shape index (κ2) is 13.2. The highest BCUT2D eigenvalue weighted by molar-refractivity contribution is 5.75. The van der Waals surface area contributed by atoms with Crippen LogP contribution in [0.4, 0.5) is 0 Å². The van der Waals surface area contributed by atoms with Crippen LogP contribution in [0.3, 0.4) is 0 Å². The predicted molar refractivity (Wildman–Crippen MR) is 128 cm³/mol. The Morgan fingerprint density at radius 3 is 2.00 bits per heavy atom. The summed E-state index contributed by atoms with van der Waals surface area (Å²) in [6, 6.07) is 3.81. The van der Waals surface area contributed by atoms with Crippen LogP contribution in [0, 0.1) is 23.7 Å². The molecule has 0 unspecified atom stereocenters. The predicted octanol–water partition coefficient (Wildman–Crippen LogP) is 7.91. The Labute approximate surface area is 190 Å². The molecule has 0 saturated heterocycles. The summed E-state index contributed by atoms with van der Waals surface area (Å²) in [4.78, 5) is 16.9. The monoisotopic (exact) mass is 427 g/mol. The van der Waals surface area contributed by atoms with Gasteiger partial charge in [-0.15, -0.1) is 0 Å². The Morgan fingerprint density at radius 2 is 1.45 bits per heavy atom. The van der Waals surface area contributed by atoms with Crippen molar-refractivity contribution in [2.24, 2.45) is 23.7 Å². The molecule has 0 N–H and O–H groups in total. The number of hydrogen-bond donors (Lipinski definition) is 0. The summed E-state index contributed by atoms with van der Waals surface area (Å²) in [6.07, 6.45) is 22.8. The van der Waals surface area contributed by atoms with Gasteiger partial charge in [0, 0.05) is 5.69 Å². The van der Waals surface area contributed by atoms with Gasteiger partial charge in [-0.2, -0.15) is 0 Å². The van der Waals surface area contributed by atoms with Crippen LogP contribution in [0.5, 0.6) is 5.75 Å². The zero-order chi connectivity index (χ0) is 21.9. The van der Waals surface area contributed by atoms with Crippen LogP contribution < -0.4 is 4.74 Å². The first kappa shape index (κ1) is 24.3. The molecule has 1 heterocycles. The summed E-state index contributed by atoms with van der Waals surface area (Å²) >= 11 is 0. The Bertz CT molecular complexity index is 625. The van der Waals surface area contributed by atoms with E-state index in [4.69, 9.17) is 4.74 Å². The van der Waals surface area contributed by atoms with Crippen LogP contribution in [0.2, 0.25) is 0 Å². The number of carbonyl (C=O) groups is 1. The average Bonchev–Trinajstić information content (AvgIpc) is 2.82. The normalized spacial score (nSPS) is 26.5. The Kier molecular flexibility index (Phi) is 10.4. The zero-order valence-corrected chi connectivity index (χ0v) is 20.1. The maximum atomic E-state index is 12.5. The molecule has 0 bridgehead atoms. The van der Waals surface area contributed by atoms with E-state index in [0.29, 0.717) is 5.75 Å². The van der Waals surface area contributed by atoms with Crippen molar-refractivity contribution in [2.75, 3.05) is 0 Å². The third-order valence-electron chi connectivity index (χ3n) is 7.97. The smallest absolute Gasteiger partial charge is 0.314 e. The molecule has 31 heavy (non-hydrogen) atoms. The summed E-state index contributed by atoms with van der Waals surface area (Å²) in [6.45, 7) is 4.38. The number of carbonyl (C=O) groups excluding carboxylic acids is 1. The molecule has 3 nitrogen and oxygen atoms in total. The van der Waals surface area contributed by atoms with Crippen molar-refractivity contribution in [3.8, 4) is 5.75 Å². The zero-order valence-electron chi connectivity index (χ0n) is 20.1. The standard InChI is InChI=1S/C28H45NO2/c1-3-5-6-7-8-22-9-11-23(12-10-22)13-14-24-15-17-25(18-16-24)28(30)31-27-20-19-26(4-2)29-21-27/h19-25H,3-18H2,1-2H3/t22-,23-,24-,25-. The maximum Gasteiger partial charge on any atom is 0.314 e. The van der Waals surface area contributed by atoms with Gasteiger partial charge in [0.1, 0.15) is 5.75 Å². The van der Waals surface area contributed by atoms with E-state index >= 15 is 0 Å². The molecule has 0 spiro atoms. The van der Waals surface area contributed by atoms with Crippen LogP contribution >= 0.6 is 0 Å². The van der Waals surface area contributed by atoms with Gasteiger partial charge in [0.15, 0.2) is 0 Å². The van der Waals surface area contributed by atoms with E-state index in [1.165, 1.54) is 83.5 Å². The first-order chi connectivity index (χ1) is 15.2. The highest BCUT2D eigenvalue weighted by Crippen LogP contribution is 2.38. The van der Waals surface area contributed by atoms with Crippen molar-refractivity contribution < 1.29 is 9.53 Å². The van der Waals surface area contributed by atoms with Gasteiger partial charge in [0.05, 0.1) is 12.1 Å². The summed E-state index contributed by atoms with van der Waals surface area (Å²) in [5.41, 5.74) is 1.03. The quantitative estimate of drug-likeness (QED) is 0.266. The second-order valence-electron chi connectivity index (χ2n) is 10.3. The minimum Gasteiger partial charge on any atom is -0.425 e. The number of aromatic nitrogens is 1. The fourth-order valence-electron chi connectivity index (χ4n) is 5.71. The topological polar surface area (TPSA) is 39.2 Å². The van der Waals surface area contributed by atoms with E-state index in [1.54, 1.807) is 6.20 Å². The molecule has 0 radical (unpaired) electrons. The Morgan fingerprint density at radius 1 is 0.839 bits per heavy atom. The molecule has 2 aliphatic carbocycles. The van der Waals surface area contributed by atoms with Gasteiger partial charge in [0.2, 0.25) is 0 Å². The summed E-state index contributed by atoms with van der Waals surface area (Å²) in [5, 5.41) is 0. The van der Waals surface area contributed by atoms with Crippen molar-refractivity contribution in [3.05, 3.63) is 24.0 Å². The summed E-state index contributed by atoms with van der Waals surface area (Å²) < 4.78 is 5.59. The van der Waals surface area contributed by atoms with Gasteiger partial charge in [-0.1, -0.05) is 84.5 Å². The van der Waals surface area contributed by atoms with Crippen molar-refractivity contribution in [3.63, 3.8) is 0 Å². The number of pyridine rings is 1. The fourth-order valence-corrected chi connectivity index (χ4v) is 5.71. The summed E-state index contributed by atoms with van der Waals surface area (Å²) in [7, 11) is 0. The average molecular weight is 428 g/mol. The molecule has 0 aliphatic heterocycles. The van der Waals surface area contributed by atoms with Crippen LogP contribution in [-0.2, 0) is 11.2 Å². The van der Waals surface area contributed by atoms with E-state index in [-0.39, 0.29) is 11.9 Å². The highest BCUT2D eigenvalue weighted by atomic mass is 16.5. The van der Waals surface area contributed by atoms with Crippen LogP contribution in [0.1, 0.15) is 116 Å². The second-order valence-corrected chi connectivity index (χ2v) is 10.3. The Hall–Kier alpha value is -1.38. The molecule has 0 amide bonds.